The summed E-state index contributed by atoms with van der Waals surface area (Å²) in [5, 5.41) is 0. The molecule has 1 rings (SSSR count). The molecule has 0 aromatic carbocycles. The maximum absolute atomic E-state index is 6.03. The van der Waals surface area contributed by atoms with E-state index < -0.39 is 0 Å². The summed E-state index contributed by atoms with van der Waals surface area (Å²) in [5.74, 6) is 0.935. The van der Waals surface area contributed by atoms with Crippen molar-refractivity contribution >= 4 is 0 Å². The van der Waals surface area contributed by atoms with Crippen LogP contribution in [0.15, 0.2) is 0 Å². The van der Waals surface area contributed by atoms with Crippen LogP contribution in [-0.4, -0.2) is 30.1 Å². The number of hydrogen-bond acceptors (Lipinski definition) is 2. The summed E-state index contributed by atoms with van der Waals surface area (Å²) < 4.78 is 0. The number of rotatable bonds is 7. The smallest absolute Gasteiger partial charge is 0.0306 e. The lowest BCUT2D eigenvalue weighted by atomic mass is 9.75. The van der Waals surface area contributed by atoms with Gasteiger partial charge in [-0.3, -0.25) is 4.90 Å². The van der Waals surface area contributed by atoms with Gasteiger partial charge in [0.25, 0.3) is 0 Å². The van der Waals surface area contributed by atoms with E-state index in [4.69, 9.17) is 5.73 Å². The molecule has 1 aliphatic rings. The van der Waals surface area contributed by atoms with Crippen molar-refractivity contribution in [3.05, 3.63) is 0 Å². The third-order valence-corrected chi connectivity index (χ3v) is 4.61. The van der Waals surface area contributed by atoms with E-state index in [-0.39, 0.29) is 5.54 Å². The Kier molecular flexibility index (Phi) is 5.26. The van der Waals surface area contributed by atoms with Crippen LogP contribution in [0.1, 0.15) is 59.3 Å². The zero-order valence-electron chi connectivity index (χ0n) is 11.6. The molecule has 2 heteroatoms. The lowest BCUT2D eigenvalue weighted by Gasteiger charge is -2.45. The molecule has 16 heavy (non-hydrogen) atoms. The van der Waals surface area contributed by atoms with Crippen LogP contribution in [0.3, 0.4) is 0 Å². The fourth-order valence-corrected chi connectivity index (χ4v) is 2.83. The predicted octanol–water partition coefficient (Wildman–Crippen LogP) is 3.01. The predicted molar refractivity (Wildman–Crippen MR) is 71.6 cm³/mol. The van der Waals surface area contributed by atoms with Crippen molar-refractivity contribution in [2.24, 2.45) is 11.7 Å². The Morgan fingerprint density at radius 2 is 2.06 bits per heavy atom. The summed E-state index contributed by atoms with van der Waals surface area (Å²) in [6.45, 7) is 7.72. The van der Waals surface area contributed by atoms with Crippen LogP contribution in [0.4, 0.5) is 0 Å². The molecule has 1 fully saturated rings. The molecular formula is C14H30N2. The summed E-state index contributed by atoms with van der Waals surface area (Å²) in [5.41, 5.74) is 6.24. The van der Waals surface area contributed by atoms with E-state index in [1.54, 1.807) is 0 Å². The largest absolute Gasteiger partial charge is 0.329 e. The highest BCUT2D eigenvalue weighted by Crippen LogP contribution is 2.36. The Labute approximate surface area is 102 Å². The Morgan fingerprint density at radius 3 is 2.44 bits per heavy atom. The normalized spacial score (nSPS) is 22.9. The fraction of sp³-hybridized carbons (Fsp3) is 1.00. The van der Waals surface area contributed by atoms with Gasteiger partial charge in [-0.2, -0.15) is 0 Å². The van der Waals surface area contributed by atoms with Gasteiger partial charge < -0.3 is 5.73 Å². The fourth-order valence-electron chi connectivity index (χ4n) is 2.83. The zero-order chi connectivity index (χ0) is 12.2. The Morgan fingerprint density at radius 1 is 1.44 bits per heavy atom. The molecule has 2 N–H and O–H groups in total. The second-order valence-corrected chi connectivity index (χ2v) is 5.95. The van der Waals surface area contributed by atoms with Crippen LogP contribution in [0.2, 0.25) is 0 Å². The molecule has 96 valence electrons. The van der Waals surface area contributed by atoms with Crippen LogP contribution in [0, 0.1) is 5.92 Å². The van der Waals surface area contributed by atoms with Gasteiger partial charge in [0.2, 0.25) is 0 Å². The molecule has 0 spiro atoms. The molecule has 0 saturated heterocycles. The minimum absolute atomic E-state index is 0.208. The minimum atomic E-state index is 0.208. The van der Waals surface area contributed by atoms with Crippen molar-refractivity contribution in [2.75, 3.05) is 13.6 Å². The third kappa shape index (κ3) is 3.21. The van der Waals surface area contributed by atoms with Gasteiger partial charge in [-0.25, -0.2) is 0 Å². The van der Waals surface area contributed by atoms with E-state index in [2.05, 4.69) is 32.7 Å². The van der Waals surface area contributed by atoms with Crippen molar-refractivity contribution in [3.63, 3.8) is 0 Å². The van der Waals surface area contributed by atoms with Crippen LogP contribution >= 0.6 is 0 Å². The molecule has 0 amide bonds. The second kappa shape index (κ2) is 6.02. The first-order valence-corrected chi connectivity index (χ1v) is 6.96. The summed E-state index contributed by atoms with van der Waals surface area (Å²) in [4.78, 5) is 2.52. The van der Waals surface area contributed by atoms with E-state index in [1.807, 2.05) is 0 Å². The van der Waals surface area contributed by atoms with Crippen LogP contribution in [0.5, 0.6) is 0 Å². The second-order valence-electron chi connectivity index (χ2n) is 5.95. The van der Waals surface area contributed by atoms with Crippen molar-refractivity contribution in [3.8, 4) is 0 Å². The highest BCUT2D eigenvalue weighted by atomic mass is 15.2. The quantitative estimate of drug-likeness (QED) is 0.723. The first kappa shape index (κ1) is 14.0. The molecule has 2 nitrogen and oxygen atoms in total. The van der Waals surface area contributed by atoms with Crippen molar-refractivity contribution < 1.29 is 0 Å². The van der Waals surface area contributed by atoms with Gasteiger partial charge in [-0.05, 0) is 39.7 Å². The first-order valence-electron chi connectivity index (χ1n) is 6.96. The monoisotopic (exact) mass is 226 g/mol. The first-order chi connectivity index (χ1) is 7.53. The molecule has 2 unspecified atom stereocenters. The van der Waals surface area contributed by atoms with Gasteiger partial charge >= 0.3 is 0 Å². The Bertz CT molecular complexity index is 201. The Hall–Kier alpha value is -0.0800. The van der Waals surface area contributed by atoms with Gasteiger partial charge in [-0.15, -0.1) is 0 Å². The molecule has 1 aliphatic carbocycles. The third-order valence-electron chi connectivity index (χ3n) is 4.61. The maximum atomic E-state index is 6.03. The summed E-state index contributed by atoms with van der Waals surface area (Å²) in [6, 6.07) is 0.652. The molecule has 0 aromatic heterocycles. The number of nitrogens with zero attached hydrogens (tertiary/aromatic N) is 1. The standard InChI is InChI=1S/C14H30N2/c1-5-7-12(2)16(4)14(3,11-15)10-13-8-6-9-13/h12-13H,5-11,15H2,1-4H3. The van der Waals surface area contributed by atoms with E-state index in [0.717, 1.165) is 12.5 Å². The summed E-state index contributed by atoms with van der Waals surface area (Å²) in [7, 11) is 2.26. The average Bonchev–Trinajstić information content (AvgIpc) is 2.22. The molecule has 1 saturated carbocycles. The minimum Gasteiger partial charge on any atom is -0.329 e. The zero-order valence-corrected chi connectivity index (χ0v) is 11.6. The van der Waals surface area contributed by atoms with E-state index in [0.29, 0.717) is 6.04 Å². The molecule has 0 heterocycles. The number of hydrogen-bond donors (Lipinski definition) is 1. The molecule has 0 aromatic rings. The van der Waals surface area contributed by atoms with E-state index >= 15 is 0 Å². The van der Waals surface area contributed by atoms with Crippen LogP contribution < -0.4 is 5.73 Å². The van der Waals surface area contributed by atoms with Gasteiger partial charge in [0.15, 0.2) is 0 Å². The van der Waals surface area contributed by atoms with Gasteiger partial charge in [-0.1, -0.05) is 32.6 Å². The lowest BCUT2D eigenvalue weighted by molar-refractivity contribution is 0.0574. The maximum Gasteiger partial charge on any atom is 0.0306 e. The number of likely N-dealkylation sites (N-methyl/N-ethyl adjacent to an activating group) is 1. The molecule has 2 atom stereocenters. The highest BCUT2D eigenvalue weighted by molar-refractivity contribution is 4.91. The summed E-state index contributed by atoms with van der Waals surface area (Å²) in [6.07, 6.45) is 8.09. The molecular weight excluding hydrogens is 196 g/mol. The Balaban J connectivity index is 2.54. The average molecular weight is 226 g/mol. The van der Waals surface area contributed by atoms with E-state index in [1.165, 1.54) is 38.5 Å². The van der Waals surface area contributed by atoms with Gasteiger partial charge in [0.1, 0.15) is 0 Å². The molecule has 0 radical (unpaired) electrons. The van der Waals surface area contributed by atoms with Crippen molar-refractivity contribution in [1.29, 1.82) is 0 Å². The van der Waals surface area contributed by atoms with Crippen molar-refractivity contribution in [2.45, 2.75) is 70.9 Å². The SMILES string of the molecule is CCCC(C)N(C)C(C)(CN)CC1CCC1. The van der Waals surface area contributed by atoms with Crippen LogP contribution in [-0.2, 0) is 0 Å². The number of nitrogens with two attached hydrogens (primary N) is 1. The highest BCUT2D eigenvalue weighted by Gasteiger charge is 2.34. The van der Waals surface area contributed by atoms with Gasteiger partial charge in [0, 0.05) is 18.1 Å². The van der Waals surface area contributed by atoms with E-state index in [9.17, 15) is 0 Å². The lowest BCUT2D eigenvalue weighted by Crippen LogP contribution is -2.54. The topological polar surface area (TPSA) is 29.3 Å². The van der Waals surface area contributed by atoms with Crippen molar-refractivity contribution in [1.82, 2.24) is 4.90 Å². The molecule has 0 aliphatic heterocycles. The molecule has 0 bridgehead atoms. The van der Waals surface area contributed by atoms with Gasteiger partial charge in [0.05, 0.1) is 0 Å². The van der Waals surface area contributed by atoms with Crippen LogP contribution in [0.25, 0.3) is 0 Å². The summed E-state index contributed by atoms with van der Waals surface area (Å²) >= 11 is 0.